The van der Waals surface area contributed by atoms with E-state index in [0.29, 0.717) is 19.3 Å². The molecule has 0 radical (unpaired) electrons. The second-order valence-electron chi connectivity index (χ2n) is 25.0. The molecule has 0 aliphatic carbocycles. The van der Waals surface area contributed by atoms with Crippen molar-refractivity contribution in [1.82, 2.24) is 5.32 Å². The van der Waals surface area contributed by atoms with E-state index in [2.05, 4.69) is 92.1 Å². The van der Waals surface area contributed by atoms with Gasteiger partial charge in [-0.3, -0.25) is 4.79 Å². The first kappa shape index (κ1) is 80.5. The Morgan fingerprint density at radius 1 is 0.425 bits per heavy atom. The molecule has 2 heterocycles. The summed E-state index contributed by atoms with van der Waals surface area (Å²) in [5.41, 5.74) is 0. The van der Waals surface area contributed by atoms with Crippen molar-refractivity contribution in [3.05, 3.63) is 72.9 Å². The average Bonchev–Trinajstić information content (AvgIpc) is 1.55. The number of carbonyl (C=O) groups is 1. The van der Waals surface area contributed by atoms with Crippen LogP contribution in [-0.4, -0.2) is 140 Å². The summed E-state index contributed by atoms with van der Waals surface area (Å²) in [5.74, 6) is -0.211. The van der Waals surface area contributed by atoms with Crippen LogP contribution in [0.15, 0.2) is 72.9 Å². The largest absolute Gasteiger partial charge is 0.394 e. The lowest BCUT2D eigenvalue weighted by Gasteiger charge is -2.46. The molecule has 0 spiro atoms. The number of ether oxygens (including phenoxy) is 4. The number of nitrogens with one attached hydrogen (secondary N) is 1. The van der Waals surface area contributed by atoms with E-state index in [1.165, 1.54) is 167 Å². The average molecular weight is 1230 g/mol. The molecule has 0 saturated carbocycles. The van der Waals surface area contributed by atoms with Gasteiger partial charge >= 0.3 is 0 Å². The van der Waals surface area contributed by atoms with Gasteiger partial charge in [-0.1, -0.05) is 292 Å². The maximum Gasteiger partial charge on any atom is 0.220 e. The van der Waals surface area contributed by atoms with Crippen molar-refractivity contribution in [3.63, 3.8) is 0 Å². The predicted octanol–water partition coefficient (Wildman–Crippen LogP) is 14.6. The summed E-state index contributed by atoms with van der Waals surface area (Å²) >= 11 is 0. The van der Waals surface area contributed by atoms with Crippen LogP contribution in [0.2, 0.25) is 0 Å². The van der Waals surface area contributed by atoms with E-state index in [1.807, 2.05) is 0 Å². The fourth-order valence-corrected chi connectivity index (χ4v) is 11.5. The van der Waals surface area contributed by atoms with Crippen LogP contribution in [-0.2, 0) is 23.7 Å². The normalized spacial score (nSPS) is 23.7. The molecule has 14 heteroatoms. The number of aliphatic hydroxyl groups is 8. The smallest absolute Gasteiger partial charge is 0.220 e. The Bertz CT molecular complexity index is 1740. The number of aliphatic hydroxyl groups excluding tert-OH is 8. The summed E-state index contributed by atoms with van der Waals surface area (Å²) in [7, 11) is 0. The molecule has 14 nitrogen and oxygen atoms in total. The Kier molecular flexibility index (Phi) is 53.1. The SMILES string of the molecule is CC/C=C\C/C=C\C/C=C\C/C=C\C/C=C\C/C=C\CCCCCCCCCCCCC(=O)NC(COC1OC(CO)C(OC2OC(CO)C(O)C(O)C2O)C(O)C1O)C(O)CCCCCCCCCCCCCCCCCCCCCCCCCC. The van der Waals surface area contributed by atoms with Gasteiger partial charge in [-0.25, -0.2) is 0 Å². The van der Waals surface area contributed by atoms with E-state index in [9.17, 15) is 45.6 Å². The minimum Gasteiger partial charge on any atom is -0.394 e. The van der Waals surface area contributed by atoms with Gasteiger partial charge in [-0.05, 0) is 64.2 Å². The van der Waals surface area contributed by atoms with Crippen LogP contribution in [0.4, 0.5) is 0 Å². The minimum absolute atomic E-state index is 0.211. The molecule has 2 saturated heterocycles. The summed E-state index contributed by atoms with van der Waals surface area (Å²) < 4.78 is 22.9. The maximum atomic E-state index is 13.4. The Labute approximate surface area is 529 Å². The molecule has 0 aromatic heterocycles. The molecule has 0 aromatic carbocycles. The highest BCUT2D eigenvalue weighted by atomic mass is 16.7. The molecular weight excluding hydrogens is 1100 g/mol. The van der Waals surface area contributed by atoms with E-state index >= 15 is 0 Å². The van der Waals surface area contributed by atoms with Crippen LogP contribution < -0.4 is 5.32 Å². The minimum atomic E-state index is -1.79. The zero-order valence-corrected chi connectivity index (χ0v) is 55.0. The molecule has 87 heavy (non-hydrogen) atoms. The third-order valence-corrected chi connectivity index (χ3v) is 17.2. The molecule has 12 atom stereocenters. The Morgan fingerprint density at radius 2 is 0.793 bits per heavy atom. The molecule has 1 amide bonds. The molecule has 12 unspecified atom stereocenters. The van der Waals surface area contributed by atoms with Crippen LogP contribution in [0.3, 0.4) is 0 Å². The van der Waals surface area contributed by atoms with Gasteiger partial charge in [0.05, 0.1) is 32.0 Å². The molecule has 0 bridgehead atoms. The number of allylic oxidation sites excluding steroid dienone is 12. The third-order valence-electron chi connectivity index (χ3n) is 17.2. The number of amides is 1. The van der Waals surface area contributed by atoms with Crippen LogP contribution in [0.1, 0.15) is 290 Å². The Hall–Kier alpha value is -2.57. The van der Waals surface area contributed by atoms with Gasteiger partial charge in [0.25, 0.3) is 0 Å². The Balaban J connectivity index is 1.67. The van der Waals surface area contributed by atoms with Crippen molar-refractivity contribution in [2.45, 2.75) is 364 Å². The van der Waals surface area contributed by atoms with Crippen molar-refractivity contribution < 1.29 is 64.6 Å². The molecule has 2 rings (SSSR count). The summed E-state index contributed by atoms with van der Waals surface area (Å²) in [4.78, 5) is 13.4. The van der Waals surface area contributed by atoms with Crippen molar-refractivity contribution in [2.24, 2.45) is 0 Å². The highest BCUT2D eigenvalue weighted by Gasteiger charge is 2.51. The zero-order valence-electron chi connectivity index (χ0n) is 55.0. The first-order valence-corrected chi connectivity index (χ1v) is 35.7. The van der Waals surface area contributed by atoms with Crippen molar-refractivity contribution in [2.75, 3.05) is 19.8 Å². The monoisotopic (exact) mass is 1230 g/mol. The van der Waals surface area contributed by atoms with Crippen molar-refractivity contribution >= 4 is 5.91 Å². The number of hydrogen-bond donors (Lipinski definition) is 9. The summed E-state index contributed by atoms with van der Waals surface area (Å²) in [5, 5.41) is 87.7. The summed E-state index contributed by atoms with van der Waals surface area (Å²) in [6.07, 6.45) is 60.5. The van der Waals surface area contributed by atoms with E-state index in [1.54, 1.807) is 0 Å². The third kappa shape index (κ3) is 41.5. The molecule has 2 fully saturated rings. The summed E-state index contributed by atoms with van der Waals surface area (Å²) in [6.45, 7) is 2.78. The van der Waals surface area contributed by atoms with E-state index in [-0.39, 0.29) is 12.5 Å². The molecule has 2 aliphatic rings. The highest BCUT2D eigenvalue weighted by Crippen LogP contribution is 2.30. The van der Waals surface area contributed by atoms with Crippen molar-refractivity contribution in [1.29, 1.82) is 0 Å². The number of hydrogen-bond acceptors (Lipinski definition) is 13. The second-order valence-corrected chi connectivity index (χ2v) is 25.0. The number of carbonyl (C=O) groups excluding carboxylic acids is 1. The highest BCUT2D eigenvalue weighted by molar-refractivity contribution is 5.76. The van der Waals surface area contributed by atoms with Gasteiger partial charge < -0.3 is 65.1 Å². The molecule has 506 valence electrons. The first-order valence-electron chi connectivity index (χ1n) is 35.7. The fourth-order valence-electron chi connectivity index (χ4n) is 11.5. The molecule has 2 aliphatic heterocycles. The van der Waals surface area contributed by atoms with Gasteiger partial charge in [0.1, 0.15) is 48.8 Å². The standard InChI is InChI=1S/C73H131NO13/c1-3-5-7-9-11-13-15-17-19-21-23-25-27-29-30-31-32-33-35-37-39-41-43-45-47-49-51-53-55-57-65(78)74-61(60-84-72-70(83)68(81)71(64(59-76)86-72)87-73-69(82)67(80)66(79)63(58-75)85-73)62(77)56-54-52-50-48-46-44-42-40-38-36-34-28-26-24-22-20-18-16-14-12-10-8-6-4-2/h5,7,11,13,17,19,23,25,29-30,32-33,61-64,66-73,75-77,79-83H,3-4,6,8-10,12,14-16,18,20-22,24,26-28,31,34-60H2,1-2H3,(H,74,78)/b7-5-,13-11-,19-17-,25-23-,30-29-,33-32-. The van der Waals surface area contributed by atoms with E-state index < -0.39 is 86.8 Å². The molecule has 0 aromatic rings. The van der Waals surface area contributed by atoms with Crippen LogP contribution >= 0.6 is 0 Å². The molecular formula is C73H131NO13. The topological polar surface area (TPSA) is 228 Å². The van der Waals surface area contributed by atoms with Crippen LogP contribution in [0.25, 0.3) is 0 Å². The zero-order chi connectivity index (χ0) is 63.1. The number of unbranched alkanes of at least 4 members (excludes halogenated alkanes) is 33. The number of rotatable bonds is 58. The maximum absolute atomic E-state index is 13.4. The lowest BCUT2D eigenvalue weighted by atomic mass is 9.97. The van der Waals surface area contributed by atoms with Crippen molar-refractivity contribution in [3.8, 4) is 0 Å². The summed E-state index contributed by atoms with van der Waals surface area (Å²) in [6, 6.07) is -0.837. The molecule has 9 N–H and O–H groups in total. The van der Waals surface area contributed by atoms with Gasteiger partial charge in [-0.2, -0.15) is 0 Å². The van der Waals surface area contributed by atoms with E-state index in [0.717, 1.165) is 89.9 Å². The second kappa shape index (κ2) is 57.3. The van der Waals surface area contributed by atoms with Gasteiger partial charge in [0.2, 0.25) is 5.91 Å². The van der Waals surface area contributed by atoms with Gasteiger partial charge in [-0.15, -0.1) is 0 Å². The quantitative estimate of drug-likeness (QED) is 0.0204. The predicted molar refractivity (Wildman–Crippen MR) is 355 cm³/mol. The lowest BCUT2D eigenvalue weighted by molar-refractivity contribution is -0.359. The van der Waals surface area contributed by atoms with Gasteiger partial charge in [0, 0.05) is 6.42 Å². The fraction of sp³-hybridized carbons (Fsp3) is 0.822. The van der Waals surface area contributed by atoms with E-state index in [4.69, 9.17) is 18.9 Å². The van der Waals surface area contributed by atoms with Crippen LogP contribution in [0.5, 0.6) is 0 Å². The van der Waals surface area contributed by atoms with Gasteiger partial charge in [0.15, 0.2) is 12.6 Å². The van der Waals surface area contributed by atoms with Crippen LogP contribution in [0, 0.1) is 0 Å². The first-order chi connectivity index (χ1) is 42.6. The Morgan fingerprint density at radius 3 is 1.22 bits per heavy atom. The lowest BCUT2D eigenvalue weighted by Crippen LogP contribution is -2.65.